The van der Waals surface area contributed by atoms with Crippen LogP contribution in [-0.4, -0.2) is 58.0 Å². The number of nitrogens with zero attached hydrogens (tertiary/aromatic N) is 3. The van der Waals surface area contributed by atoms with E-state index in [1.807, 2.05) is 41.3 Å². The molecule has 4 aromatic rings. The molecule has 0 saturated carbocycles. The van der Waals surface area contributed by atoms with Gasteiger partial charge in [-0.3, -0.25) is 14.4 Å². The average Bonchev–Trinajstić information content (AvgIpc) is 3.02. The Labute approximate surface area is 247 Å². The van der Waals surface area contributed by atoms with E-state index in [4.69, 9.17) is 19.4 Å². The first-order valence-corrected chi connectivity index (χ1v) is 13.7. The van der Waals surface area contributed by atoms with Crippen LogP contribution in [0.2, 0.25) is 0 Å². The lowest BCUT2D eigenvalue weighted by Crippen LogP contribution is -2.41. The Morgan fingerprint density at radius 3 is 2.77 bits per heavy atom. The molecule has 0 spiro atoms. The first kappa shape index (κ1) is 29.2. The molecule has 3 aromatic carbocycles. The molecule has 1 unspecified atom stereocenters. The molecule has 0 fully saturated rings. The van der Waals surface area contributed by atoms with E-state index in [0.29, 0.717) is 55.3 Å². The highest BCUT2D eigenvalue weighted by Gasteiger charge is 2.33. The lowest BCUT2D eigenvalue weighted by molar-refractivity contribution is -0.123. The summed E-state index contributed by atoms with van der Waals surface area (Å²) in [5, 5.41) is 9.77. The van der Waals surface area contributed by atoms with Crippen LogP contribution in [0, 0.1) is 5.82 Å². The van der Waals surface area contributed by atoms with Crippen molar-refractivity contribution in [3.8, 4) is 17.2 Å². The van der Waals surface area contributed by atoms with Crippen LogP contribution in [-0.2, 0) is 22.4 Å². The van der Waals surface area contributed by atoms with Gasteiger partial charge < -0.3 is 24.8 Å². The van der Waals surface area contributed by atoms with Crippen molar-refractivity contribution in [2.24, 2.45) is 0 Å². The van der Waals surface area contributed by atoms with Crippen molar-refractivity contribution < 1.29 is 33.4 Å². The Kier molecular flexibility index (Phi) is 9.20. The zero-order valence-electron chi connectivity index (χ0n) is 23.1. The first-order valence-electron chi connectivity index (χ1n) is 13.7. The number of ether oxygens (including phenoxy) is 2. The monoisotopic (exact) mass is 584 g/mol. The van der Waals surface area contributed by atoms with Gasteiger partial charge >= 0.3 is 0 Å². The van der Waals surface area contributed by atoms with Crippen molar-refractivity contribution >= 4 is 18.3 Å². The molecule has 0 aliphatic carbocycles. The topological polar surface area (TPSA) is 131 Å². The van der Waals surface area contributed by atoms with Crippen LogP contribution >= 0.6 is 0 Å². The van der Waals surface area contributed by atoms with Gasteiger partial charge in [0, 0.05) is 19.3 Å². The molecule has 0 saturated heterocycles. The van der Waals surface area contributed by atoms with Crippen molar-refractivity contribution in [2.75, 3.05) is 19.7 Å². The standard InChI is InChI=1S/C31H27FN4O4.CH2O2/c32-26-8-5-20-15-28(26)40-24-6-7-25-21(17-24)10-13-36(31(38)27-9-12-33-19-35-27)30(25)22-3-1-4-23(18-22)39-14-2-11-34-29(37)16-20;2-1-3/h1,3-9,12,15,17-19,30H,2,10-11,13-14,16H2,(H,34,37);1H,(H,2,3). The van der Waals surface area contributed by atoms with Crippen molar-refractivity contribution in [2.45, 2.75) is 25.3 Å². The Morgan fingerprint density at radius 2 is 1.95 bits per heavy atom. The maximum Gasteiger partial charge on any atom is 0.290 e. The Morgan fingerprint density at radius 1 is 1.09 bits per heavy atom. The minimum atomic E-state index is -0.513. The van der Waals surface area contributed by atoms with Crippen LogP contribution in [0.1, 0.15) is 45.2 Å². The number of fused-ring (bicyclic) bond motifs is 7. The van der Waals surface area contributed by atoms with Gasteiger partial charge in [-0.05, 0) is 77.6 Å². The molecule has 11 heteroatoms. The lowest BCUT2D eigenvalue weighted by atomic mass is 9.87. The molecule has 8 bridgehead atoms. The zero-order valence-corrected chi connectivity index (χ0v) is 23.1. The second-order valence-corrected chi connectivity index (χ2v) is 9.88. The molecule has 10 nitrogen and oxygen atoms in total. The summed E-state index contributed by atoms with van der Waals surface area (Å²) in [6.07, 6.45) is 4.23. The van der Waals surface area contributed by atoms with E-state index >= 15 is 0 Å². The van der Waals surface area contributed by atoms with Crippen LogP contribution < -0.4 is 14.8 Å². The number of hydrogen-bond acceptors (Lipinski definition) is 7. The second-order valence-electron chi connectivity index (χ2n) is 9.88. The van der Waals surface area contributed by atoms with E-state index in [1.165, 1.54) is 12.4 Å². The highest BCUT2D eigenvalue weighted by atomic mass is 19.1. The smallest absolute Gasteiger partial charge is 0.290 e. The van der Waals surface area contributed by atoms with E-state index in [0.717, 1.165) is 16.7 Å². The molecule has 0 radical (unpaired) electrons. The summed E-state index contributed by atoms with van der Waals surface area (Å²) < 4.78 is 26.7. The van der Waals surface area contributed by atoms with Gasteiger partial charge in [0.25, 0.3) is 12.4 Å². The minimum absolute atomic E-state index is 0.0530. The SMILES string of the molecule is O=C1Cc2ccc(F)c(c2)Oc2ccc3c(c2)CCN(C(=O)c2ccncn2)C3c2cccc(c2)OCCCN1.O=CO. The van der Waals surface area contributed by atoms with Gasteiger partial charge in [-0.25, -0.2) is 14.4 Å². The highest BCUT2D eigenvalue weighted by molar-refractivity contribution is 5.93. The van der Waals surface area contributed by atoms with E-state index in [1.54, 1.807) is 30.5 Å². The number of halogens is 1. The summed E-state index contributed by atoms with van der Waals surface area (Å²) in [5.41, 5.74) is 3.80. The molecule has 3 aliphatic rings. The third-order valence-electron chi connectivity index (χ3n) is 7.08. The molecule has 2 N–H and O–H groups in total. The summed E-state index contributed by atoms with van der Waals surface area (Å²) in [7, 11) is 0. The van der Waals surface area contributed by atoms with Crippen molar-refractivity contribution in [3.63, 3.8) is 0 Å². The van der Waals surface area contributed by atoms with Crippen LogP contribution in [0.5, 0.6) is 17.2 Å². The Hall–Kier alpha value is -5.32. The average molecular weight is 585 g/mol. The van der Waals surface area contributed by atoms with E-state index in [9.17, 15) is 14.0 Å². The van der Waals surface area contributed by atoms with E-state index in [2.05, 4.69) is 15.3 Å². The molecule has 1 atom stereocenters. The Balaban J connectivity index is 0.00000118. The molecular weight excluding hydrogens is 555 g/mol. The highest BCUT2D eigenvalue weighted by Crippen LogP contribution is 2.39. The molecule has 43 heavy (non-hydrogen) atoms. The number of nitrogens with one attached hydrogen (secondary N) is 1. The third-order valence-corrected chi connectivity index (χ3v) is 7.08. The van der Waals surface area contributed by atoms with Gasteiger partial charge in [0.05, 0.1) is 19.1 Å². The molecule has 3 aliphatic heterocycles. The molecule has 220 valence electrons. The second kappa shape index (κ2) is 13.6. The molecule has 4 heterocycles. The summed E-state index contributed by atoms with van der Waals surface area (Å²) in [4.78, 5) is 44.4. The van der Waals surface area contributed by atoms with Gasteiger partial charge in [-0.15, -0.1) is 0 Å². The van der Waals surface area contributed by atoms with Crippen LogP contribution in [0.25, 0.3) is 0 Å². The third kappa shape index (κ3) is 6.95. The number of hydrogen-bond donors (Lipinski definition) is 2. The normalized spacial score (nSPS) is 16.1. The molecule has 7 rings (SSSR count). The maximum absolute atomic E-state index is 14.7. The number of amides is 2. The largest absolute Gasteiger partial charge is 0.494 e. The first-order chi connectivity index (χ1) is 21.0. The fraction of sp³-hybridized carbons (Fsp3) is 0.219. The van der Waals surface area contributed by atoms with Gasteiger partial charge in [0.15, 0.2) is 11.6 Å². The number of aromatic nitrogens is 2. The van der Waals surface area contributed by atoms with Crippen molar-refractivity contribution in [1.29, 1.82) is 0 Å². The fourth-order valence-electron chi connectivity index (χ4n) is 5.18. The van der Waals surface area contributed by atoms with Crippen LogP contribution in [0.3, 0.4) is 0 Å². The predicted molar refractivity (Wildman–Crippen MR) is 153 cm³/mol. The van der Waals surface area contributed by atoms with Gasteiger partial charge in [0.2, 0.25) is 5.91 Å². The summed E-state index contributed by atoms with van der Waals surface area (Å²) in [6.45, 7) is 1.05. The van der Waals surface area contributed by atoms with Crippen LogP contribution in [0.15, 0.2) is 79.3 Å². The summed E-state index contributed by atoms with van der Waals surface area (Å²) in [5.74, 6) is 0.334. The van der Waals surface area contributed by atoms with E-state index < -0.39 is 11.9 Å². The zero-order chi connectivity index (χ0) is 30.2. The number of benzene rings is 3. The minimum Gasteiger partial charge on any atom is -0.494 e. The van der Waals surface area contributed by atoms with Gasteiger partial charge in [0.1, 0.15) is 23.5 Å². The molecular formula is C32H29FN4O6. The summed E-state index contributed by atoms with van der Waals surface area (Å²) >= 11 is 0. The van der Waals surface area contributed by atoms with Crippen LogP contribution in [0.4, 0.5) is 4.39 Å². The maximum atomic E-state index is 14.7. The fourth-order valence-corrected chi connectivity index (χ4v) is 5.18. The number of carbonyl (C=O) groups excluding carboxylic acids is 2. The van der Waals surface area contributed by atoms with E-state index in [-0.39, 0.29) is 30.5 Å². The number of carboxylic acid groups (broad SMARTS) is 1. The number of rotatable bonds is 1. The quantitative estimate of drug-likeness (QED) is 0.316. The Bertz CT molecular complexity index is 1620. The molecule has 1 aromatic heterocycles. The van der Waals surface area contributed by atoms with Gasteiger partial charge in [-0.1, -0.05) is 24.3 Å². The lowest BCUT2D eigenvalue weighted by Gasteiger charge is -2.38. The predicted octanol–water partition coefficient (Wildman–Crippen LogP) is 4.34. The van der Waals surface area contributed by atoms with Crippen molar-refractivity contribution in [1.82, 2.24) is 20.2 Å². The molecule has 2 amide bonds. The van der Waals surface area contributed by atoms with Crippen molar-refractivity contribution in [3.05, 3.63) is 113 Å². The summed E-state index contributed by atoms with van der Waals surface area (Å²) in [6, 6.07) is 19.0. The van der Waals surface area contributed by atoms with Gasteiger partial charge in [-0.2, -0.15) is 0 Å². The number of carbonyl (C=O) groups is 3.